The summed E-state index contributed by atoms with van der Waals surface area (Å²) in [6.45, 7) is 2.14. The quantitative estimate of drug-likeness (QED) is 0.194. The Labute approximate surface area is 213 Å². The number of nitrogens with zero attached hydrogens (tertiary/aromatic N) is 4. The highest BCUT2D eigenvalue weighted by molar-refractivity contribution is 7.86. The minimum Gasteiger partial charge on any atom is -0.399 e. The standard InChI is InChI=1S/C22H25N7O6S2/c1-14(16-9-5-4-6-10-16)25-20-18-19(24-13-15-8-7-11-17(23)12-15)28-29(35-37(3,32)33)21(18)27-22(26-20)34-36(2,30)31/h4-12,14H,13,23H2,1-3H3,(H,24,28)(H,25,26,27)/t14-/m1/s1. The summed E-state index contributed by atoms with van der Waals surface area (Å²) in [6, 6.07) is 15.7. The summed E-state index contributed by atoms with van der Waals surface area (Å²) in [5, 5.41) is 10.8. The van der Waals surface area contributed by atoms with Crippen molar-refractivity contribution < 1.29 is 25.3 Å². The van der Waals surface area contributed by atoms with Gasteiger partial charge in [0, 0.05) is 18.3 Å². The molecule has 0 bridgehead atoms. The number of nitrogens with two attached hydrogens (primary N) is 1. The molecule has 0 saturated carbocycles. The zero-order chi connectivity index (χ0) is 26.8. The van der Waals surface area contributed by atoms with Gasteiger partial charge in [0.15, 0.2) is 5.82 Å². The van der Waals surface area contributed by atoms with Crippen LogP contribution < -0.4 is 24.8 Å². The first kappa shape index (κ1) is 26.0. The number of rotatable bonds is 10. The first-order valence-electron chi connectivity index (χ1n) is 10.9. The maximum atomic E-state index is 11.9. The highest BCUT2D eigenvalue weighted by Crippen LogP contribution is 2.32. The van der Waals surface area contributed by atoms with Crippen LogP contribution in [0.3, 0.4) is 0 Å². The zero-order valence-corrected chi connectivity index (χ0v) is 21.7. The lowest BCUT2D eigenvalue weighted by molar-refractivity contribution is 0.253. The highest BCUT2D eigenvalue weighted by Gasteiger charge is 2.24. The van der Waals surface area contributed by atoms with Gasteiger partial charge in [0.2, 0.25) is 5.65 Å². The molecule has 196 valence electrons. The molecule has 4 rings (SSSR count). The van der Waals surface area contributed by atoms with Crippen molar-refractivity contribution >= 4 is 48.6 Å². The Morgan fingerprint density at radius 2 is 1.70 bits per heavy atom. The van der Waals surface area contributed by atoms with Gasteiger partial charge in [0.1, 0.15) is 11.2 Å². The average molecular weight is 548 g/mol. The Kier molecular flexibility index (Phi) is 7.09. The molecule has 0 unspecified atom stereocenters. The van der Waals surface area contributed by atoms with Crippen molar-refractivity contribution in [2.75, 3.05) is 28.9 Å². The molecule has 0 aliphatic rings. The van der Waals surface area contributed by atoms with Gasteiger partial charge >= 0.3 is 26.2 Å². The van der Waals surface area contributed by atoms with Crippen molar-refractivity contribution in [1.29, 1.82) is 0 Å². The first-order valence-corrected chi connectivity index (χ1v) is 14.5. The lowest BCUT2D eigenvalue weighted by Crippen LogP contribution is -2.20. The van der Waals surface area contributed by atoms with Crippen LogP contribution in [-0.4, -0.2) is 49.3 Å². The number of aromatic nitrogens is 4. The van der Waals surface area contributed by atoms with Crippen LogP contribution in [0.1, 0.15) is 24.1 Å². The second-order valence-electron chi connectivity index (χ2n) is 8.22. The summed E-state index contributed by atoms with van der Waals surface area (Å²) in [5.74, 6) is 0.313. The topological polar surface area (TPSA) is 180 Å². The second kappa shape index (κ2) is 10.1. The second-order valence-corrected chi connectivity index (χ2v) is 11.3. The molecule has 37 heavy (non-hydrogen) atoms. The molecule has 0 fully saturated rings. The summed E-state index contributed by atoms with van der Waals surface area (Å²) in [6.07, 6.45) is 1.68. The summed E-state index contributed by atoms with van der Waals surface area (Å²) >= 11 is 0. The molecule has 4 N–H and O–H groups in total. The van der Waals surface area contributed by atoms with Crippen molar-refractivity contribution in [2.45, 2.75) is 19.5 Å². The normalized spacial score (nSPS) is 12.7. The fraction of sp³-hybridized carbons (Fsp3) is 0.227. The molecular weight excluding hydrogens is 522 g/mol. The predicted octanol–water partition coefficient (Wildman–Crippen LogP) is 1.92. The van der Waals surface area contributed by atoms with Crippen LogP contribution in [0.15, 0.2) is 54.6 Å². The van der Waals surface area contributed by atoms with Gasteiger partial charge in [-0.3, -0.25) is 4.28 Å². The molecule has 1 atom stereocenters. The number of hydrogen-bond donors (Lipinski definition) is 3. The molecular formula is C22H25N7O6S2. The maximum absolute atomic E-state index is 11.9. The van der Waals surface area contributed by atoms with E-state index in [9.17, 15) is 16.8 Å². The van der Waals surface area contributed by atoms with E-state index in [1.807, 2.05) is 43.3 Å². The van der Waals surface area contributed by atoms with E-state index in [4.69, 9.17) is 14.2 Å². The van der Waals surface area contributed by atoms with Gasteiger partial charge in [-0.1, -0.05) is 47.3 Å². The largest absolute Gasteiger partial charge is 0.399 e. The molecule has 2 aromatic carbocycles. The van der Waals surface area contributed by atoms with E-state index in [-0.39, 0.29) is 35.3 Å². The van der Waals surface area contributed by atoms with Gasteiger partial charge in [-0.25, -0.2) is 0 Å². The number of fused-ring (bicyclic) bond motifs is 1. The Morgan fingerprint density at radius 3 is 2.35 bits per heavy atom. The summed E-state index contributed by atoms with van der Waals surface area (Å²) in [4.78, 5) is 8.99. The van der Waals surface area contributed by atoms with Gasteiger partial charge in [-0.2, -0.15) is 26.8 Å². The van der Waals surface area contributed by atoms with Crippen LogP contribution in [0.4, 0.5) is 17.3 Å². The molecule has 0 radical (unpaired) electrons. The Hall–Kier alpha value is -4.11. The Morgan fingerprint density at radius 1 is 0.973 bits per heavy atom. The van der Waals surface area contributed by atoms with Gasteiger partial charge < -0.3 is 20.6 Å². The number of benzene rings is 2. The molecule has 0 saturated heterocycles. The van der Waals surface area contributed by atoms with Gasteiger partial charge in [0.25, 0.3) is 0 Å². The number of anilines is 3. The lowest BCUT2D eigenvalue weighted by atomic mass is 10.1. The number of hydrogen-bond acceptors (Lipinski definition) is 12. The van der Waals surface area contributed by atoms with Crippen LogP contribution in [0, 0.1) is 0 Å². The summed E-state index contributed by atoms with van der Waals surface area (Å²) in [7, 11) is -8.04. The molecule has 0 aliphatic carbocycles. The minimum absolute atomic E-state index is 0.137. The first-order chi connectivity index (χ1) is 17.4. The molecule has 0 aliphatic heterocycles. The monoisotopic (exact) mass is 547 g/mol. The van der Waals surface area contributed by atoms with Gasteiger partial charge in [0.05, 0.1) is 12.5 Å². The fourth-order valence-electron chi connectivity index (χ4n) is 3.47. The molecule has 13 nitrogen and oxygen atoms in total. The van der Waals surface area contributed by atoms with E-state index in [1.165, 1.54) is 0 Å². The van der Waals surface area contributed by atoms with E-state index in [1.54, 1.807) is 18.2 Å². The molecule has 0 amide bonds. The lowest BCUT2D eigenvalue weighted by Gasteiger charge is -2.16. The molecule has 15 heteroatoms. The van der Waals surface area contributed by atoms with E-state index in [2.05, 4.69) is 25.7 Å². The fourth-order valence-corrected chi connectivity index (χ4v) is 4.18. The third kappa shape index (κ3) is 6.77. The Bertz CT molecular complexity index is 1640. The molecule has 2 aromatic heterocycles. The van der Waals surface area contributed by atoms with Crippen LogP contribution >= 0.6 is 0 Å². The van der Waals surface area contributed by atoms with Crippen LogP contribution in [0.5, 0.6) is 6.01 Å². The smallest absolute Gasteiger partial charge is 0.337 e. The third-order valence-corrected chi connectivity index (χ3v) is 5.84. The van der Waals surface area contributed by atoms with Gasteiger partial charge in [-0.05, 0) is 30.2 Å². The third-order valence-electron chi connectivity index (χ3n) is 4.97. The van der Waals surface area contributed by atoms with E-state index in [0.717, 1.165) is 23.6 Å². The van der Waals surface area contributed by atoms with E-state index >= 15 is 0 Å². The Balaban J connectivity index is 1.86. The molecule has 2 heterocycles. The van der Waals surface area contributed by atoms with Crippen LogP contribution in [0.2, 0.25) is 0 Å². The zero-order valence-electron chi connectivity index (χ0n) is 20.1. The SMILES string of the molecule is C[C@@H](Nc1nc(OS(C)(=O)=O)nc2c1c(NCc1cccc(N)c1)nn2OS(C)(=O)=O)c1ccccc1. The van der Waals surface area contributed by atoms with Crippen LogP contribution in [0.25, 0.3) is 11.0 Å². The van der Waals surface area contributed by atoms with Crippen molar-refractivity contribution in [3.63, 3.8) is 0 Å². The maximum Gasteiger partial charge on any atom is 0.337 e. The average Bonchev–Trinajstić information content (AvgIpc) is 3.13. The van der Waals surface area contributed by atoms with E-state index < -0.39 is 26.2 Å². The summed E-state index contributed by atoms with van der Waals surface area (Å²) in [5.41, 5.74) is 8.03. The predicted molar refractivity (Wildman–Crippen MR) is 139 cm³/mol. The van der Waals surface area contributed by atoms with E-state index in [0.29, 0.717) is 10.5 Å². The number of nitrogens with one attached hydrogen (secondary N) is 2. The summed E-state index contributed by atoms with van der Waals surface area (Å²) < 4.78 is 57.4. The van der Waals surface area contributed by atoms with Crippen molar-refractivity contribution in [1.82, 2.24) is 19.9 Å². The van der Waals surface area contributed by atoms with Crippen molar-refractivity contribution in [3.8, 4) is 6.01 Å². The molecule has 4 aromatic rings. The molecule has 0 spiro atoms. The van der Waals surface area contributed by atoms with Gasteiger partial charge in [-0.15, -0.1) is 5.10 Å². The van der Waals surface area contributed by atoms with Crippen molar-refractivity contribution in [3.05, 3.63) is 65.7 Å². The highest BCUT2D eigenvalue weighted by atomic mass is 32.2. The van der Waals surface area contributed by atoms with Crippen LogP contribution in [-0.2, 0) is 26.8 Å². The van der Waals surface area contributed by atoms with Crippen molar-refractivity contribution in [2.24, 2.45) is 0 Å². The minimum atomic E-state index is -4.04. The number of nitrogen functional groups attached to an aromatic ring is 1.